The lowest BCUT2D eigenvalue weighted by Gasteiger charge is -2.07. The molecule has 4 heteroatoms. The van der Waals surface area contributed by atoms with Gasteiger partial charge in [-0.15, -0.1) is 0 Å². The molecule has 0 unspecified atom stereocenters. The molecule has 2 rings (SSSR count). The largest absolute Gasteiger partial charge is 0.461 e. The SMILES string of the molecule is CCOC(=O)C1=NO[C@H](c2ccccc2)C1. The third-order valence-electron chi connectivity index (χ3n) is 2.35. The first kappa shape index (κ1) is 10.7. The van der Waals surface area contributed by atoms with Crippen LogP contribution in [0.5, 0.6) is 0 Å². The number of benzene rings is 1. The van der Waals surface area contributed by atoms with E-state index in [4.69, 9.17) is 9.57 Å². The molecule has 0 N–H and O–H groups in total. The summed E-state index contributed by atoms with van der Waals surface area (Å²) in [5.41, 5.74) is 1.38. The average Bonchev–Trinajstić information content (AvgIpc) is 2.80. The Morgan fingerprint density at radius 2 is 2.25 bits per heavy atom. The van der Waals surface area contributed by atoms with Crippen LogP contribution in [0.1, 0.15) is 25.0 Å². The van der Waals surface area contributed by atoms with Crippen molar-refractivity contribution in [3.8, 4) is 0 Å². The minimum absolute atomic E-state index is 0.166. The minimum atomic E-state index is -0.388. The van der Waals surface area contributed by atoms with Crippen molar-refractivity contribution in [2.24, 2.45) is 5.16 Å². The van der Waals surface area contributed by atoms with Crippen LogP contribution in [0.4, 0.5) is 0 Å². The molecular weight excluding hydrogens is 206 g/mol. The van der Waals surface area contributed by atoms with E-state index in [2.05, 4.69) is 5.16 Å². The fourth-order valence-electron chi connectivity index (χ4n) is 1.56. The van der Waals surface area contributed by atoms with Crippen LogP contribution in [0.25, 0.3) is 0 Å². The van der Waals surface area contributed by atoms with Gasteiger partial charge in [-0.05, 0) is 12.5 Å². The van der Waals surface area contributed by atoms with E-state index in [-0.39, 0.29) is 12.1 Å². The topological polar surface area (TPSA) is 47.9 Å². The number of rotatable bonds is 3. The Bertz CT molecular complexity index is 400. The van der Waals surface area contributed by atoms with E-state index < -0.39 is 0 Å². The second-order valence-corrected chi connectivity index (χ2v) is 3.47. The lowest BCUT2D eigenvalue weighted by Crippen LogP contribution is -2.16. The molecule has 0 aliphatic carbocycles. The normalized spacial score (nSPS) is 18.8. The summed E-state index contributed by atoms with van der Waals surface area (Å²) in [4.78, 5) is 16.6. The summed E-state index contributed by atoms with van der Waals surface area (Å²) >= 11 is 0. The summed E-state index contributed by atoms with van der Waals surface area (Å²) in [5.74, 6) is -0.388. The second-order valence-electron chi connectivity index (χ2n) is 3.47. The molecule has 1 aliphatic rings. The molecule has 0 saturated heterocycles. The van der Waals surface area contributed by atoms with E-state index in [1.807, 2.05) is 30.3 Å². The zero-order chi connectivity index (χ0) is 11.4. The molecular formula is C12H13NO3. The first-order valence-corrected chi connectivity index (χ1v) is 5.26. The molecule has 0 radical (unpaired) electrons. The molecule has 1 atom stereocenters. The van der Waals surface area contributed by atoms with Gasteiger partial charge in [0.25, 0.3) is 0 Å². The van der Waals surface area contributed by atoms with Crippen molar-refractivity contribution in [1.29, 1.82) is 0 Å². The van der Waals surface area contributed by atoms with Crippen LogP contribution >= 0.6 is 0 Å². The molecule has 0 fully saturated rings. The van der Waals surface area contributed by atoms with Gasteiger partial charge in [-0.1, -0.05) is 35.5 Å². The van der Waals surface area contributed by atoms with Crippen LogP contribution in [0.15, 0.2) is 35.5 Å². The van der Waals surface area contributed by atoms with Gasteiger partial charge in [0.15, 0.2) is 11.8 Å². The highest BCUT2D eigenvalue weighted by Crippen LogP contribution is 2.27. The molecule has 4 nitrogen and oxygen atoms in total. The number of carbonyl (C=O) groups excluding carboxylic acids is 1. The minimum Gasteiger partial charge on any atom is -0.461 e. The monoisotopic (exact) mass is 219 g/mol. The molecule has 0 bridgehead atoms. The third kappa shape index (κ3) is 2.21. The van der Waals surface area contributed by atoms with Crippen LogP contribution < -0.4 is 0 Å². The molecule has 0 aromatic heterocycles. The Labute approximate surface area is 93.9 Å². The van der Waals surface area contributed by atoms with Gasteiger partial charge in [0.1, 0.15) is 0 Å². The highest BCUT2D eigenvalue weighted by atomic mass is 16.6. The second kappa shape index (κ2) is 4.79. The van der Waals surface area contributed by atoms with Gasteiger partial charge in [-0.3, -0.25) is 0 Å². The van der Waals surface area contributed by atoms with Crippen molar-refractivity contribution in [2.75, 3.05) is 6.61 Å². The fraction of sp³-hybridized carbons (Fsp3) is 0.333. The highest BCUT2D eigenvalue weighted by molar-refractivity contribution is 6.36. The quantitative estimate of drug-likeness (QED) is 0.731. The number of esters is 1. The van der Waals surface area contributed by atoms with Gasteiger partial charge >= 0.3 is 5.97 Å². The van der Waals surface area contributed by atoms with Crippen LogP contribution in [-0.2, 0) is 14.4 Å². The van der Waals surface area contributed by atoms with E-state index in [1.54, 1.807) is 6.92 Å². The Balaban J connectivity index is 1.99. The molecule has 16 heavy (non-hydrogen) atoms. The number of carbonyl (C=O) groups is 1. The van der Waals surface area contributed by atoms with E-state index in [1.165, 1.54) is 0 Å². The zero-order valence-electron chi connectivity index (χ0n) is 9.05. The van der Waals surface area contributed by atoms with Crippen LogP contribution in [0.2, 0.25) is 0 Å². The molecule has 0 saturated carbocycles. The lowest BCUT2D eigenvalue weighted by atomic mass is 10.0. The molecule has 1 aliphatic heterocycles. The molecule has 1 aromatic rings. The first-order valence-electron chi connectivity index (χ1n) is 5.26. The maximum atomic E-state index is 11.4. The van der Waals surface area contributed by atoms with E-state index in [0.29, 0.717) is 18.7 Å². The van der Waals surface area contributed by atoms with Crippen molar-refractivity contribution in [3.05, 3.63) is 35.9 Å². The maximum absolute atomic E-state index is 11.4. The van der Waals surface area contributed by atoms with E-state index in [0.717, 1.165) is 5.56 Å². The lowest BCUT2D eigenvalue weighted by molar-refractivity contribution is -0.135. The summed E-state index contributed by atoms with van der Waals surface area (Å²) in [6.07, 6.45) is 0.309. The molecule has 1 heterocycles. The highest BCUT2D eigenvalue weighted by Gasteiger charge is 2.27. The van der Waals surface area contributed by atoms with Gasteiger partial charge in [-0.2, -0.15) is 0 Å². The average molecular weight is 219 g/mol. The summed E-state index contributed by atoms with van der Waals surface area (Å²) in [6.45, 7) is 2.12. The van der Waals surface area contributed by atoms with Crippen LogP contribution in [-0.4, -0.2) is 18.3 Å². The molecule has 84 valence electrons. The Morgan fingerprint density at radius 3 is 2.94 bits per heavy atom. The number of ether oxygens (including phenoxy) is 1. The predicted molar refractivity (Wildman–Crippen MR) is 59.0 cm³/mol. The summed E-state index contributed by atoms with van der Waals surface area (Å²) in [6, 6.07) is 9.70. The third-order valence-corrected chi connectivity index (χ3v) is 2.35. The van der Waals surface area contributed by atoms with Gasteiger partial charge in [0.05, 0.1) is 6.61 Å². The van der Waals surface area contributed by atoms with E-state index >= 15 is 0 Å². The first-order chi connectivity index (χ1) is 7.81. The summed E-state index contributed by atoms with van der Waals surface area (Å²) < 4.78 is 4.86. The fourth-order valence-corrected chi connectivity index (χ4v) is 1.56. The van der Waals surface area contributed by atoms with Crippen molar-refractivity contribution in [2.45, 2.75) is 19.4 Å². The van der Waals surface area contributed by atoms with Gasteiger partial charge in [-0.25, -0.2) is 4.79 Å². The van der Waals surface area contributed by atoms with Gasteiger partial charge in [0.2, 0.25) is 0 Å². The van der Waals surface area contributed by atoms with Gasteiger partial charge in [0, 0.05) is 6.42 Å². The van der Waals surface area contributed by atoms with Crippen LogP contribution in [0, 0.1) is 0 Å². The smallest absolute Gasteiger partial charge is 0.356 e. The van der Waals surface area contributed by atoms with Gasteiger partial charge < -0.3 is 9.57 Å². The molecule has 0 spiro atoms. The standard InChI is InChI=1S/C12H13NO3/c1-2-15-12(14)10-8-11(16-13-10)9-6-4-3-5-7-9/h3-7,11H,2,8H2,1H3/t11-/m0/s1. The van der Waals surface area contributed by atoms with E-state index in [9.17, 15) is 4.79 Å². The van der Waals surface area contributed by atoms with Crippen molar-refractivity contribution < 1.29 is 14.4 Å². The Hall–Kier alpha value is -1.84. The van der Waals surface area contributed by atoms with Crippen molar-refractivity contribution >= 4 is 11.7 Å². The Kier molecular flexibility index (Phi) is 3.19. The number of nitrogens with zero attached hydrogens (tertiary/aromatic N) is 1. The predicted octanol–water partition coefficient (Wildman–Crippen LogP) is 2.07. The molecule has 0 amide bonds. The maximum Gasteiger partial charge on any atom is 0.356 e. The number of hydrogen-bond acceptors (Lipinski definition) is 4. The summed E-state index contributed by atoms with van der Waals surface area (Å²) in [7, 11) is 0. The summed E-state index contributed by atoms with van der Waals surface area (Å²) in [5, 5.41) is 3.75. The van der Waals surface area contributed by atoms with Crippen LogP contribution in [0.3, 0.4) is 0 Å². The number of hydrogen-bond donors (Lipinski definition) is 0. The molecule has 1 aromatic carbocycles. The zero-order valence-corrected chi connectivity index (χ0v) is 9.05. The number of oxime groups is 1. The van der Waals surface area contributed by atoms with Crippen molar-refractivity contribution in [1.82, 2.24) is 0 Å². The van der Waals surface area contributed by atoms with Crippen molar-refractivity contribution in [3.63, 3.8) is 0 Å². The Morgan fingerprint density at radius 1 is 1.50 bits per heavy atom.